The third-order valence-electron chi connectivity index (χ3n) is 7.85. The number of benzene rings is 3. The highest BCUT2D eigenvalue weighted by Gasteiger charge is 2.47. The van der Waals surface area contributed by atoms with E-state index in [1.165, 1.54) is 5.56 Å². The molecule has 2 heterocycles. The summed E-state index contributed by atoms with van der Waals surface area (Å²) in [5.41, 5.74) is 5.50. The SMILES string of the molecule is Cc1ccc(C2CCNCC2)cc1C(=O)NC1(c2ccc3c4c(cccc24)C(=O)N3C)CC1. The molecule has 0 aromatic heterocycles. The summed E-state index contributed by atoms with van der Waals surface area (Å²) < 4.78 is 0. The number of amides is 2. The molecule has 1 saturated carbocycles. The molecule has 0 bridgehead atoms. The first-order chi connectivity index (χ1) is 16.0. The Kier molecular flexibility index (Phi) is 4.59. The highest BCUT2D eigenvalue weighted by atomic mass is 16.2. The smallest absolute Gasteiger partial charge is 0.258 e. The molecule has 2 N–H and O–H groups in total. The third kappa shape index (κ3) is 3.17. The van der Waals surface area contributed by atoms with Crippen molar-refractivity contribution in [1.82, 2.24) is 10.6 Å². The average Bonchev–Trinajstić information content (AvgIpc) is 3.58. The molecule has 0 spiro atoms. The van der Waals surface area contributed by atoms with Crippen LogP contribution in [0.3, 0.4) is 0 Å². The lowest BCUT2D eigenvalue weighted by atomic mass is 9.88. The van der Waals surface area contributed by atoms with Crippen molar-refractivity contribution in [2.45, 2.75) is 44.1 Å². The van der Waals surface area contributed by atoms with Gasteiger partial charge in [-0.15, -0.1) is 0 Å². The minimum Gasteiger partial charge on any atom is -0.342 e. The molecule has 0 atom stereocenters. The van der Waals surface area contributed by atoms with Crippen LogP contribution >= 0.6 is 0 Å². The first kappa shape index (κ1) is 20.4. The first-order valence-electron chi connectivity index (χ1n) is 12.0. The fraction of sp³-hybridized carbons (Fsp3) is 0.357. The largest absolute Gasteiger partial charge is 0.342 e. The summed E-state index contributed by atoms with van der Waals surface area (Å²) >= 11 is 0. The van der Waals surface area contributed by atoms with E-state index in [1.54, 1.807) is 4.90 Å². The van der Waals surface area contributed by atoms with Gasteiger partial charge in [0.05, 0.1) is 11.2 Å². The van der Waals surface area contributed by atoms with Crippen LogP contribution < -0.4 is 15.5 Å². The molecule has 0 radical (unpaired) electrons. The van der Waals surface area contributed by atoms with Crippen LogP contribution in [-0.4, -0.2) is 32.0 Å². The van der Waals surface area contributed by atoms with Gasteiger partial charge < -0.3 is 15.5 Å². The number of nitrogens with one attached hydrogen (secondary N) is 2. The lowest BCUT2D eigenvalue weighted by Crippen LogP contribution is -2.35. The molecule has 33 heavy (non-hydrogen) atoms. The molecule has 0 unspecified atom stereocenters. The van der Waals surface area contributed by atoms with Gasteiger partial charge in [-0.05, 0) is 91.9 Å². The van der Waals surface area contributed by atoms with Gasteiger partial charge in [0.1, 0.15) is 0 Å². The van der Waals surface area contributed by atoms with Crippen LogP contribution in [-0.2, 0) is 5.54 Å². The topological polar surface area (TPSA) is 61.4 Å². The van der Waals surface area contributed by atoms with Gasteiger partial charge >= 0.3 is 0 Å². The zero-order chi connectivity index (χ0) is 22.7. The second-order valence-electron chi connectivity index (χ2n) is 9.86. The van der Waals surface area contributed by atoms with Crippen molar-refractivity contribution in [3.8, 4) is 0 Å². The maximum atomic E-state index is 13.5. The number of aryl methyl sites for hydroxylation is 1. The highest BCUT2D eigenvalue weighted by molar-refractivity contribution is 6.25. The highest BCUT2D eigenvalue weighted by Crippen LogP contribution is 2.50. The Hall–Kier alpha value is -3.18. The van der Waals surface area contributed by atoms with E-state index >= 15 is 0 Å². The maximum Gasteiger partial charge on any atom is 0.258 e. The lowest BCUT2D eigenvalue weighted by Gasteiger charge is -2.25. The quantitative estimate of drug-likeness (QED) is 0.623. The Bertz CT molecular complexity index is 1300. The average molecular weight is 440 g/mol. The number of nitrogens with zero attached hydrogens (tertiary/aromatic N) is 1. The summed E-state index contributed by atoms with van der Waals surface area (Å²) in [4.78, 5) is 27.9. The van der Waals surface area contributed by atoms with Crippen LogP contribution in [0.25, 0.3) is 10.8 Å². The number of hydrogen-bond donors (Lipinski definition) is 2. The summed E-state index contributed by atoms with van der Waals surface area (Å²) in [6.07, 6.45) is 4.05. The van der Waals surface area contributed by atoms with Crippen molar-refractivity contribution >= 4 is 28.3 Å². The third-order valence-corrected chi connectivity index (χ3v) is 7.85. The second kappa shape index (κ2) is 7.42. The summed E-state index contributed by atoms with van der Waals surface area (Å²) in [5, 5.41) is 8.89. The molecule has 5 nitrogen and oxygen atoms in total. The van der Waals surface area contributed by atoms with Crippen molar-refractivity contribution in [2.75, 3.05) is 25.0 Å². The van der Waals surface area contributed by atoms with Gasteiger partial charge in [0.25, 0.3) is 11.8 Å². The van der Waals surface area contributed by atoms with Crippen LogP contribution in [0.15, 0.2) is 48.5 Å². The van der Waals surface area contributed by atoms with Crippen molar-refractivity contribution in [2.24, 2.45) is 0 Å². The number of carbonyl (C=O) groups excluding carboxylic acids is 2. The Labute approximate surface area is 194 Å². The van der Waals surface area contributed by atoms with Crippen molar-refractivity contribution in [1.29, 1.82) is 0 Å². The van der Waals surface area contributed by atoms with Gasteiger partial charge in [0.2, 0.25) is 0 Å². The van der Waals surface area contributed by atoms with Crippen LogP contribution in [0.2, 0.25) is 0 Å². The van der Waals surface area contributed by atoms with E-state index in [1.807, 2.05) is 32.2 Å². The monoisotopic (exact) mass is 439 g/mol. The zero-order valence-electron chi connectivity index (χ0n) is 19.2. The minimum absolute atomic E-state index is 0.00256. The van der Waals surface area contributed by atoms with E-state index in [4.69, 9.17) is 0 Å². The number of hydrogen-bond acceptors (Lipinski definition) is 3. The van der Waals surface area contributed by atoms with Crippen LogP contribution in [0.1, 0.15) is 69.0 Å². The first-order valence-corrected chi connectivity index (χ1v) is 12.0. The fourth-order valence-corrected chi connectivity index (χ4v) is 5.72. The Morgan fingerprint density at radius 2 is 1.88 bits per heavy atom. The summed E-state index contributed by atoms with van der Waals surface area (Å²) in [6, 6.07) is 16.4. The predicted octanol–water partition coefficient (Wildman–Crippen LogP) is 4.62. The lowest BCUT2D eigenvalue weighted by molar-refractivity contribution is 0.0929. The number of rotatable bonds is 4. The molecule has 1 aliphatic carbocycles. The summed E-state index contributed by atoms with van der Waals surface area (Å²) in [5.74, 6) is 0.545. The molecule has 1 saturated heterocycles. The van der Waals surface area contributed by atoms with E-state index in [9.17, 15) is 9.59 Å². The van der Waals surface area contributed by atoms with E-state index in [0.717, 1.165) is 77.5 Å². The van der Waals surface area contributed by atoms with Crippen molar-refractivity contribution in [3.05, 3.63) is 76.3 Å². The van der Waals surface area contributed by atoms with Gasteiger partial charge in [0.15, 0.2) is 0 Å². The Balaban J connectivity index is 1.35. The van der Waals surface area contributed by atoms with Gasteiger partial charge in [0, 0.05) is 23.6 Å². The Morgan fingerprint density at radius 3 is 2.64 bits per heavy atom. The van der Waals surface area contributed by atoms with Gasteiger partial charge in [-0.1, -0.05) is 30.3 Å². The van der Waals surface area contributed by atoms with E-state index in [0.29, 0.717) is 5.92 Å². The predicted molar refractivity (Wildman–Crippen MR) is 131 cm³/mol. The fourth-order valence-electron chi connectivity index (χ4n) is 5.72. The molecule has 2 fully saturated rings. The standard InChI is InChI=1S/C28H29N3O2/c1-17-6-7-19(18-10-14-29-15-11-18)16-22(17)26(32)30-28(12-13-28)23-8-9-24-25-20(23)4-3-5-21(25)27(33)31(24)2/h3-9,16,18,29H,10-15H2,1-2H3,(H,30,32). The molecule has 2 aliphatic heterocycles. The molecule has 3 aromatic rings. The van der Waals surface area contributed by atoms with Crippen LogP contribution in [0.4, 0.5) is 5.69 Å². The molecule has 2 amide bonds. The number of carbonyl (C=O) groups is 2. The zero-order valence-corrected chi connectivity index (χ0v) is 19.2. The number of anilines is 1. The molecular weight excluding hydrogens is 410 g/mol. The van der Waals surface area contributed by atoms with Gasteiger partial charge in [-0.2, -0.15) is 0 Å². The normalized spacial score (nSPS) is 19.2. The summed E-state index contributed by atoms with van der Waals surface area (Å²) in [6.45, 7) is 4.08. The molecule has 6 rings (SSSR count). The molecular formula is C28H29N3O2. The second-order valence-corrected chi connectivity index (χ2v) is 9.86. The minimum atomic E-state index is -0.365. The summed E-state index contributed by atoms with van der Waals surface area (Å²) in [7, 11) is 1.82. The maximum absolute atomic E-state index is 13.5. The van der Waals surface area contributed by atoms with E-state index < -0.39 is 0 Å². The van der Waals surface area contributed by atoms with Crippen molar-refractivity contribution in [3.63, 3.8) is 0 Å². The van der Waals surface area contributed by atoms with E-state index in [2.05, 4.69) is 41.0 Å². The van der Waals surface area contributed by atoms with Gasteiger partial charge in [-0.25, -0.2) is 0 Å². The van der Waals surface area contributed by atoms with E-state index in [-0.39, 0.29) is 17.4 Å². The number of piperidine rings is 1. The van der Waals surface area contributed by atoms with Crippen molar-refractivity contribution < 1.29 is 9.59 Å². The van der Waals surface area contributed by atoms with Crippen LogP contribution in [0, 0.1) is 6.92 Å². The Morgan fingerprint density at radius 1 is 1.09 bits per heavy atom. The molecule has 168 valence electrons. The molecule has 3 aliphatic rings. The molecule has 3 aromatic carbocycles. The molecule has 5 heteroatoms. The van der Waals surface area contributed by atoms with Crippen LogP contribution in [0.5, 0.6) is 0 Å². The van der Waals surface area contributed by atoms with Gasteiger partial charge in [-0.3, -0.25) is 9.59 Å².